The summed E-state index contributed by atoms with van der Waals surface area (Å²) >= 11 is 0. The maximum Gasteiger partial charge on any atom is 0.227 e. The first-order chi connectivity index (χ1) is 13.0. The van der Waals surface area contributed by atoms with E-state index >= 15 is 0 Å². The van der Waals surface area contributed by atoms with Crippen LogP contribution in [0.2, 0.25) is 0 Å². The smallest absolute Gasteiger partial charge is 0.227 e. The molecule has 4 N–H and O–H groups in total. The van der Waals surface area contributed by atoms with Crippen LogP contribution in [0.25, 0.3) is 11.4 Å². The van der Waals surface area contributed by atoms with Crippen molar-refractivity contribution in [3.63, 3.8) is 0 Å². The minimum Gasteiger partial charge on any atom is -0.493 e. The van der Waals surface area contributed by atoms with E-state index in [1.54, 1.807) is 0 Å². The Morgan fingerprint density at radius 1 is 1.14 bits per heavy atom. The summed E-state index contributed by atoms with van der Waals surface area (Å²) < 4.78 is 5.65. The molecule has 0 bridgehead atoms. The van der Waals surface area contributed by atoms with Gasteiger partial charge in [0, 0.05) is 11.3 Å². The second-order valence-corrected chi connectivity index (χ2v) is 6.28. The number of aryl methyl sites for hydroxylation is 2. The zero-order valence-corrected chi connectivity index (χ0v) is 16.7. The van der Waals surface area contributed by atoms with Gasteiger partial charge in [0.1, 0.15) is 11.6 Å². The van der Waals surface area contributed by atoms with Crippen molar-refractivity contribution in [2.45, 2.75) is 26.8 Å². The number of rotatable bonds is 7. The van der Waals surface area contributed by atoms with E-state index in [0.29, 0.717) is 30.5 Å². The van der Waals surface area contributed by atoms with Crippen molar-refractivity contribution in [3.05, 3.63) is 59.4 Å². The number of nitrogens with one attached hydrogen (secondary N) is 2. The molecule has 0 unspecified atom stereocenters. The van der Waals surface area contributed by atoms with Gasteiger partial charge in [-0.15, -0.1) is 12.4 Å². The van der Waals surface area contributed by atoms with Crippen molar-refractivity contribution in [1.82, 2.24) is 15.2 Å². The molecule has 2 aromatic carbocycles. The molecule has 0 aliphatic rings. The number of amides is 1. The van der Waals surface area contributed by atoms with E-state index in [1.165, 1.54) is 11.1 Å². The number of benzene rings is 2. The number of aromatic amines is 1. The standard InChI is InChI=1S/C20H23N5O2.ClH/c1-13-3-8-17(11-14(13)2)27-10-9-19(26)22-16-6-4-15(5-7-16)20-23-18(12-21)24-25-20;/h3-8,11H,9-10,12,21H2,1-2H3,(H,22,26)(H,23,24,25);1H. The molecular formula is C20H24ClN5O2. The molecule has 0 spiro atoms. The number of carbonyl (C=O) groups excluding carboxylic acids is 1. The summed E-state index contributed by atoms with van der Waals surface area (Å²) in [4.78, 5) is 16.4. The third kappa shape index (κ3) is 5.55. The van der Waals surface area contributed by atoms with Crippen LogP contribution in [0.15, 0.2) is 42.5 Å². The molecule has 0 fully saturated rings. The molecule has 1 aromatic heterocycles. The van der Waals surface area contributed by atoms with Crippen LogP contribution in [0, 0.1) is 13.8 Å². The van der Waals surface area contributed by atoms with Crippen LogP contribution in [0.3, 0.4) is 0 Å². The minimum atomic E-state index is -0.102. The summed E-state index contributed by atoms with van der Waals surface area (Å²) in [7, 11) is 0. The van der Waals surface area contributed by atoms with E-state index in [4.69, 9.17) is 10.5 Å². The lowest BCUT2D eigenvalue weighted by atomic mass is 10.1. The normalized spacial score (nSPS) is 10.2. The number of H-pyrrole nitrogens is 1. The fourth-order valence-corrected chi connectivity index (χ4v) is 2.51. The van der Waals surface area contributed by atoms with Gasteiger partial charge in [0.2, 0.25) is 5.91 Å². The topological polar surface area (TPSA) is 106 Å². The number of aromatic nitrogens is 3. The number of anilines is 1. The Labute approximate surface area is 170 Å². The van der Waals surface area contributed by atoms with Crippen molar-refractivity contribution in [1.29, 1.82) is 0 Å². The third-order valence-electron chi connectivity index (χ3n) is 4.23. The van der Waals surface area contributed by atoms with E-state index in [-0.39, 0.29) is 24.7 Å². The van der Waals surface area contributed by atoms with E-state index in [9.17, 15) is 4.79 Å². The Hall–Kier alpha value is -2.90. The highest BCUT2D eigenvalue weighted by Crippen LogP contribution is 2.19. The fraction of sp³-hybridized carbons (Fsp3) is 0.250. The lowest BCUT2D eigenvalue weighted by molar-refractivity contribution is -0.116. The molecule has 1 heterocycles. The van der Waals surface area contributed by atoms with E-state index in [1.807, 2.05) is 49.4 Å². The van der Waals surface area contributed by atoms with Crippen molar-refractivity contribution >= 4 is 24.0 Å². The highest BCUT2D eigenvalue weighted by Gasteiger charge is 2.07. The average Bonchev–Trinajstić information content (AvgIpc) is 3.14. The Morgan fingerprint density at radius 3 is 2.54 bits per heavy atom. The number of halogens is 1. The van der Waals surface area contributed by atoms with E-state index in [2.05, 4.69) is 27.4 Å². The summed E-state index contributed by atoms with van der Waals surface area (Å²) in [5.41, 5.74) is 9.47. The molecule has 0 saturated carbocycles. The van der Waals surface area contributed by atoms with Gasteiger partial charge >= 0.3 is 0 Å². The number of ether oxygens (including phenoxy) is 1. The van der Waals surface area contributed by atoms with Gasteiger partial charge < -0.3 is 15.8 Å². The Morgan fingerprint density at radius 2 is 1.89 bits per heavy atom. The van der Waals surface area contributed by atoms with Gasteiger partial charge in [0.15, 0.2) is 5.82 Å². The number of carbonyl (C=O) groups is 1. The van der Waals surface area contributed by atoms with Gasteiger partial charge in [-0.25, -0.2) is 4.98 Å². The Kier molecular flexibility index (Phi) is 7.54. The third-order valence-corrected chi connectivity index (χ3v) is 4.23. The van der Waals surface area contributed by atoms with Crippen LogP contribution in [0.4, 0.5) is 5.69 Å². The van der Waals surface area contributed by atoms with E-state index < -0.39 is 0 Å². The largest absolute Gasteiger partial charge is 0.493 e. The van der Waals surface area contributed by atoms with Crippen LogP contribution < -0.4 is 15.8 Å². The predicted octanol–water partition coefficient (Wildman–Crippen LogP) is 3.38. The average molecular weight is 402 g/mol. The number of nitrogens with two attached hydrogens (primary N) is 1. The van der Waals surface area contributed by atoms with Crippen LogP contribution in [0.5, 0.6) is 5.75 Å². The lowest BCUT2D eigenvalue weighted by Crippen LogP contribution is -2.15. The first kappa shape index (κ1) is 21.4. The maximum absolute atomic E-state index is 12.1. The molecule has 0 aliphatic heterocycles. The van der Waals surface area contributed by atoms with Crippen molar-refractivity contribution in [2.75, 3.05) is 11.9 Å². The van der Waals surface area contributed by atoms with Crippen LogP contribution in [0.1, 0.15) is 23.4 Å². The highest BCUT2D eigenvalue weighted by atomic mass is 35.5. The van der Waals surface area contributed by atoms with Crippen LogP contribution >= 0.6 is 12.4 Å². The Bertz CT molecular complexity index is 925. The van der Waals surface area contributed by atoms with Gasteiger partial charge in [0.25, 0.3) is 0 Å². The first-order valence-electron chi connectivity index (χ1n) is 8.77. The lowest BCUT2D eigenvalue weighted by Gasteiger charge is -2.09. The molecule has 28 heavy (non-hydrogen) atoms. The quantitative estimate of drug-likeness (QED) is 0.562. The number of nitrogens with zero attached hydrogens (tertiary/aromatic N) is 2. The first-order valence-corrected chi connectivity index (χ1v) is 8.77. The zero-order valence-electron chi connectivity index (χ0n) is 15.9. The minimum absolute atomic E-state index is 0. The SMILES string of the molecule is Cc1ccc(OCCC(=O)Nc2ccc(-c3n[nH]c(CN)n3)cc2)cc1C.Cl. The maximum atomic E-state index is 12.1. The van der Waals surface area contributed by atoms with Gasteiger partial charge in [-0.1, -0.05) is 6.07 Å². The summed E-state index contributed by atoms with van der Waals surface area (Å²) in [6, 6.07) is 13.2. The van der Waals surface area contributed by atoms with Gasteiger partial charge in [-0.05, 0) is 61.4 Å². The van der Waals surface area contributed by atoms with Crippen LogP contribution in [-0.2, 0) is 11.3 Å². The molecular weight excluding hydrogens is 378 g/mol. The molecule has 0 aliphatic carbocycles. The van der Waals surface area contributed by atoms with Crippen LogP contribution in [-0.4, -0.2) is 27.7 Å². The Balaban J connectivity index is 0.00000280. The molecule has 7 nitrogen and oxygen atoms in total. The second kappa shape index (κ2) is 9.87. The zero-order chi connectivity index (χ0) is 19.2. The number of hydrogen-bond donors (Lipinski definition) is 3. The van der Waals surface area contributed by atoms with Crippen molar-refractivity contribution < 1.29 is 9.53 Å². The van der Waals surface area contributed by atoms with E-state index in [0.717, 1.165) is 11.3 Å². The fourth-order valence-electron chi connectivity index (χ4n) is 2.51. The summed E-state index contributed by atoms with van der Waals surface area (Å²) in [6.07, 6.45) is 0.273. The number of hydrogen-bond acceptors (Lipinski definition) is 5. The molecule has 0 saturated heterocycles. The van der Waals surface area contributed by atoms with Crippen molar-refractivity contribution in [3.8, 4) is 17.1 Å². The monoisotopic (exact) mass is 401 g/mol. The molecule has 1 amide bonds. The summed E-state index contributed by atoms with van der Waals surface area (Å²) in [6.45, 7) is 4.72. The summed E-state index contributed by atoms with van der Waals surface area (Å²) in [5.74, 6) is 1.88. The molecule has 8 heteroatoms. The van der Waals surface area contributed by atoms with Gasteiger partial charge in [-0.3, -0.25) is 9.89 Å². The van der Waals surface area contributed by atoms with Crippen molar-refractivity contribution in [2.24, 2.45) is 5.73 Å². The van der Waals surface area contributed by atoms with Gasteiger partial charge in [0.05, 0.1) is 19.6 Å². The van der Waals surface area contributed by atoms with Gasteiger partial charge in [-0.2, -0.15) is 5.10 Å². The highest BCUT2D eigenvalue weighted by molar-refractivity contribution is 5.91. The second-order valence-electron chi connectivity index (χ2n) is 6.28. The molecule has 3 aromatic rings. The molecule has 0 atom stereocenters. The molecule has 148 valence electrons. The summed E-state index contributed by atoms with van der Waals surface area (Å²) in [5, 5.41) is 9.74. The molecule has 3 rings (SSSR count). The molecule has 0 radical (unpaired) electrons. The predicted molar refractivity (Wildman–Crippen MR) is 112 cm³/mol.